The normalized spacial score (nSPS) is 17.9. The van der Waals surface area contributed by atoms with Crippen LogP contribution >= 0.6 is 0 Å². The van der Waals surface area contributed by atoms with Crippen LogP contribution in [0.1, 0.15) is 35.3 Å². The number of carbonyl (C=O) groups excluding carboxylic acids is 1. The molecule has 0 radical (unpaired) electrons. The molecule has 3 aromatic rings. The van der Waals surface area contributed by atoms with E-state index in [1.54, 1.807) is 18.3 Å². The van der Waals surface area contributed by atoms with E-state index in [4.69, 9.17) is 4.74 Å². The summed E-state index contributed by atoms with van der Waals surface area (Å²) in [5, 5.41) is 2.87. The van der Waals surface area contributed by atoms with Crippen LogP contribution in [0.25, 0.3) is 11.0 Å². The highest BCUT2D eigenvalue weighted by molar-refractivity contribution is 6.03. The standard InChI is InChI=1S/C16H16N4O2/c21-16(12-3-1-7-17-12)18-10-5-6-11-13(9-10)20-15(19-11)14-4-2-8-22-14/h1,3,5-7,9,14,17H,2,4,8H2,(H,18,21)(H,19,20). The molecule has 1 amide bonds. The van der Waals surface area contributed by atoms with Crippen molar-refractivity contribution in [2.45, 2.75) is 18.9 Å². The zero-order chi connectivity index (χ0) is 14.9. The number of ether oxygens (including phenoxy) is 1. The lowest BCUT2D eigenvalue weighted by Crippen LogP contribution is -2.11. The lowest BCUT2D eigenvalue weighted by atomic mass is 10.2. The molecular formula is C16H16N4O2. The zero-order valence-electron chi connectivity index (χ0n) is 11.9. The second kappa shape index (κ2) is 5.31. The molecule has 0 aliphatic carbocycles. The first kappa shape index (κ1) is 13.1. The fourth-order valence-corrected chi connectivity index (χ4v) is 2.72. The Balaban J connectivity index is 1.58. The maximum absolute atomic E-state index is 12.0. The Hall–Kier alpha value is -2.60. The van der Waals surface area contributed by atoms with Gasteiger partial charge in [0.05, 0.1) is 11.0 Å². The van der Waals surface area contributed by atoms with Gasteiger partial charge in [-0.2, -0.15) is 0 Å². The second-order valence-corrected chi connectivity index (χ2v) is 5.39. The molecule has 22 heavy (non-hydrogen) atoms. The third kappa shape index (κ3) is 2.37. The van der Waals surface area contributed by atoms with Crippen molar-refractivity contribution in [3.05, 3.63) is 48.0 Å². The number of amides is 1. The van der Waals surface area contributed by atoms with Gasteiger partial charge < -0.3 is 20.0 Å². The molecule has 0 bridgehead atoms. The number of fused-ring (bicyclic) bond motifs is 1. The van der Waals surface area contributed by atoms with Gasteiger partial charge in [-0.05, 0) is 43.2 Å². The summed E-state index contributed by atoms with van der Waals surface area (Å²) in [6.07, 6.45) is 3.85. The molecular weight excluding hydrogens is 280 g/mol. The Morgan fingerprint density at radius 2 is 2.32 bits per heavy atom. The Kier molecular flexibility index (Phi) is 3.16. The van der Waals surface area contributed by atoms with Crippen LogP contribution in [0.3, 0.4) is 0 Å². The van der Waals surface area contributed by atoms with E-state index in [0.29, 0.717) is 5.69 Å². The number of anilines is 1. The molecule has 3 heterocycles. The molecule has 1 aliphatic heterocycles. The largest absolute Gasteiger partial charge is 0.370 e. The number of hydrogen-bond donors (Lipinski definition) is 3. The van der Waals surface area contributed by atoms with Crippen LogP contribution in [0.4, 0.5) is 5.69 Å². The van der Waals surface area contributed by atoms with E-state index in [0.717, 1.165) is 42.0 Å². The van der Waals surface area contributed by atoms with Gasteiger partial charge in [-0.3, -0.25) is 4.79 Å². The molecule has 112 valence electrons. The Morgan fingerprint density at radius 1 is 1.36 bits per heavy atom. The van der Waals surface area contributed by atoms with Gasteiger partial charge in [0, 0.05) is 18.5 Å². The summed E-state index contributed by atoms with van der Waals surface area (Å²) in [4.78, 5) is 22.8. The van der Waals surface area contributed by atoms with Crippen molar-refractivity contribution in [2.24, 2.45) is 0 Å². The fraction of sp³-hybridized carbons (Fsp3) is 0.250. The first-order chi connectivity index (χ1) is 10.8. The van der Waals surface area contributed by atoms with Crippen LogP contribution in [0.5, 0.6) is 0 Å². The van der Waals surface area contributed by atoms with Gasteiger partial charge in [0.15, 0.2) is 0 Å². The van der Waals surface area contributed by atoms with Crippen LogP contribution in [0.15, 0.2) is 36.5 Å². The molecule has 0 spiro atoms. The predicted molar refractivity (Wildman–Crippen MR) is 82.8 cm³/mol. The van der Waals surface area contributed by atoms with Crippen molar-refractivity contribution in [1.82, 2.24) is 15.0 Å². The highest BCUT2D eigenvalue weighted by atomic mass is 16.5. The summed E-state index contributed by atoms with van der Waals surface area (Å²) in [6, 6.07) is 9.17. The van der Waals surface area contributed by atoms with Crippen LogP contribution in [0, 0.1) is 0 Å². The first-order valence-corrected chi connectivity index (χ1v) is 7.35. The molecule has 1 fully saturated rings. The first-order valence-electron chi connectivity index (χ1n) is 7.35. The number of nitrogens with one attached hydrogen (secondary N) is 3. The molecule has 6 nitrogen and oxygen atoms in total. The third-order valence-electron chi connectivity index (χ3n) is 3.84. The smallest absolute Gasteiger partial charge is 0.272 e. The summed E-state index contributed by atoms with van der Waals surface area (Å²) in [7, 11) is 0. The molecule has 1 atom stereocenters. The average Bonchev–Trinajstić information content (AvgIpc) is 3.26. The van der Waals surface area contributed by atoms with Crippen LogP contribution in [0.2, 0.25) is 0 Å². The monoisotopic (exact) mass is 296 g/mol. The van der Waals surface area contributed by atoms with Crippen LogP contribution in [-0.4, -0.2) is 27.5 Å². The van der Waals surface area contributed by atoms with Gasteiger partial charge in [-0.1, -0.05) is 0 Å². The van der Waals surface area contributed by atoms with Gasteiger partial charge in [-0.15, -0.1) is 0 Å². The minimum atomic E-state index is -0.164. The number of imidazole rings is 1. The van der Waals surface area contributed by atoms with Crippen molar-refractivity contribution in [2.75, 3.05) is 11.9 Å². The van der Waals surface area contributed by atoms with Crippen molar-refractivity contribution < 1.29 is 9.53 Å². The van der Waals surface area contributed by atoms with Gasteiger partial charge in [0.1, 0.15) is 17.6 Å². The molecule has 3 N–H and O–H groups in total. The number of rotatable bonds is 3. The summed E-state index contributed by atoms with van der Waals surface area (Å²) in [6.45, 7) is 0.791. The molecule has 6 heteroatoms. The number of aromatic amines is 2. The summed E-state index contributed by atoms with van der Waals surface area (Å²) >= 11 is 0. The van der Waals surface area contributed by atoms with Gasteiger partial charge in [-0.25, -0.2) is 4.98 Å². The lowest BCUT2D eigenvalue weighted by molar-refractivity contribution is 0.102. The predicted octanol–water partition coefficient (Wildman–Crippen LogP) is 2.99. The van der Waals surface area contributed by atoms with E-state index in [9.17, 15) is 4.79 Å². The van der Waals surface area contributed by atoms with E-state index in [-0.39, 0.29) is 12.0 Å². The number of nitrogens with zero attached hydrogens (tertiary/aromatic N) is 1. The van der Waals surface area contributed by atoms with Crippen molar-refractivity contribution in [3.8, 4) is 0 Å². The van der Waals surface area contributed by atoms with Crippen molar-refractivity contribution in [3.63, 3.8) is 0 Å². The average molecular weight is 296 g/mol. The minimum Gasteiger partial charge on any atom is -0.370 e. The minimum absolute atomic E-state index is 0.0596. The maximum atomic E-state index is 12.0. The van der Waals surface area contributed by atoms with Crippen molar-refractivity contribution in [1.29, 1.82) is 0 Å². The van der Waals surface area contributed by atoms with E-state index >= 15 is 0 Å². The Bertz CT molecular complexity index is 801. The number of aromatic nitrogens is 3. The Labute approximate surface area is 126 Å². The molecule has 1 aromatic carbocycles. The van der Waals surface area contributed by atoms with Gasteiger partial charge in [0.2, 0.25) is 0 Å². The Morgan fingerprint density at radius 3 is 3.09 bits per heavy atom. The second-order valence-electron chi connectivity index (χ2n) is 5.39. The fourth-order valence-electron chi connectivity index (χ4n) is 2.72. The van der Waals surface area contributed by atoms with E-state index in [1.165, 1.54) is 0 Å². The molecule has 0 saturated carbocycles. The van der Waals surface area contributed by atoms with Crippen LogP contribution < -0.4 is 5.32 Å². The number of benzene rings is 1. The number of H-pyrrole nitrogens is 2. The molecule has 1 saturated heterocycles. The summed E-state index contributed by atoms with van der Waals surface area (Å²) < 4.78 is 5.64. The SMILES string of the molecule is O=C(Nc1ccc2nc(C3CCCO3)[nH]c2c1)c1ccc[nH]1. The molecule has 1 unspecified atom stereocenters. The summed E-state index contributed by atoms with van der Waals surface area (Å²) in [5.74, 6) is 0.698. The van der Waals surface area contributed by atoms with Crippen LogP contribution in [-0.2, 0) is 4.74 Å². The maximum Gasteiger partial charge on any atom is 0.272 e. The van der Waals surface area contributed by atoms with Gasteiger partial charge in [0.25, 0.3) is 5.91 Å². The highest BCUT2D eigenvalue weighted by Crippen LogP contribution is 2.28. The number of hydrogen-bond acceptors (Lipinski definition) is 3. The highest BCUT2D eigenvalue weighted by Gasteiger charge is 2.21. The molecule has 1 aliphatic rings. The van der Waals surface area contributed by atoms with E-state index < -0.39 is 0 Å². The van der Waals surface area contributed by atoms with E-state index in [1.807, 2.05) is 18.2 Å². The zero-order valence-corrected chi connectivity index (χ0v) is 11.9. The molecule has 4 rings (SSSR count). The topological polar surface area (TPSA) is 82.8 Å². The quantitative estimate of drug-likeness (QED) is 0.695. The van der Waals surface area contributed by atoms with E-state index in [2.05, 4.69) is 20.3 Å². The lowest BCUT2D eigenvalue weighted by Gasteiger charge is -2.04. The molecule has 2 aromatic heterocycles. The summed E-state index contributed by atoms with van der Waals surface area (Å²) in [5.41, 5.74) is 3.04. The number of carbonyl (C=O) groups is 1. The van der Waals surface area contributed by atoms with Gasteiger partial charge >= 0.3 is 0 Å². The third-order valence-corrected chi connectivity index (χ3v) is 3.84. The van der Waals surface area contributed by atoms with Crippen molar-refractivity contribution >= 4 is 22.6 Å².